The molecular weight excluding hydrogens is 272 g/mol. The zero-order valence-corrected chi connectivity index (χ0v) is 12.4. The summed E-state index contributed by atoms with van der Waals surface area (Å²) in [5, 5.41) is 14.2. The number of nitrogens with zero attached hydrogens (tertiary/aromatic N) is 1. The van der Waals surface area contributed by atoms with E-state index in [4.69, 9.17) is 11.6 Å². The van der Waals surface area contributed by atoms with Crippen LogP contribution in [0.15, 0.2) is 48.7 Å². The fraction of sp³-hybridized carbons (Fsp3) is 0.312. The molecule has 3 nitrogen and oxygen atoms in total. The molecule has 1 aromatic carbocycles. The first kappa shape index (κ1) is 15.0. The summed E-state index contributed by atoms with van der Waals surface area (Å²) in [6.45, 7) is 3.97. The van der Waals surface area contributed by atoms with Crippen LogP contribution in [-0.2, 0) is 0 Å². The minimum absolute atomic E-state index is 0.0181. The van der Waals surface area contributed by atoms with Gasteiger partial charge in [-0.05, 0) is 25.5 Å². The Bertz CT molecular complexity index is 547. The van der Waals surface area contributed by atoms with Crippen LogP contribution in [0.2, 0.25) is 5.15 Å². The molecule has 3 unspecified atom stereocenters. The Morgan fingerprint density at radius 1 is 1.10 bits per heavy atom. The number of aliphatic hydroxyl groups is 1. The van der Waals surface area contributed by atoms with Crippen molar-refractivity contribution in [3.63, 3.8) is 0 Å². The first-order valence-corrected chi connectivity index (χ1v) is 7.07. The zero-order chi connectivity index (χ0) is 14.5. The van der Waals surface area contributed by atoms with E-state index in [0.717, 1.165) is 11.1 Å². The van der Waals surface area contributed by atoms with Gasteiger partial charge in [0.2, 0.25) is 0 Å². The molecule has 1 heterocycles. The summed E-state index contributed by atoms with van der Waals surface area (Å²) in [4.78, 5) is 4.07. The molecule has 106 valence electrons. The molecule has 0 radical (unpaired) electrons. The van der Waals surface area contributed by atoms with Gasteiger partial charge in [-0.2, -0.15) is 0 Å². The van der Waals surface area contributed by atoms with E-state index in [0.29, 0.717) is 5.15 Å². The van der Waals surface area contributed by atoms with Crippen LogP contribution in [0.1, 0.15) is 37.1 Å². The van der Waals surface area contributed by atoms with E-state index in [1.807, 2.05) is 56.3 Å². The highest BCUT2D eigenvalue weighted by Gasteiger charge is 2.19. The molecule has 0 aliphatic carbocycles. The van der Waals surface area contributed by atoms with Crippen LogP contribution in [0.3, 0.4) is 0 Å². The zero-order valence-electron chi connectivity index (χ0n) is 11.6. The van der Waals surface area contributed by atoms with Crippen molar-refractivity contribution in [2.75, 3.05) is 0 Å². The third kappa shape index (κ3) is 3.57. The van der Waals surface area contributed by atoms with Gasteiger partial charge in [0.25, 0.3) is 0 Å². The van der Waals surface area contributed by atoms with Crippen LogP contribution in [0, 0.1) is 0 Å². The minimum Gasteiger partial charge on any atom is -0.387 e. The predicted molar refractivity (Wildman–Crippen MR) is 81.7 cm³/mol. The molecule has 0 aliphatic heterocycles. The van der Waals surface area contributed by atoms with E-state index in [1.54, 1.807) is 6.20 Å². The van der Waals surface area contributed by atoms with Crippen LogP contribution in [0.25, 0.3) is 0 Å². The monoisotopic (exact) mass is 290 g/mol. The maximum atomic E-state index is 10.3. The third-order valence-electron chi connectivity index (χ3n) is 3.38. The van der Waals surface area contributed by atoms with Crippen molar-refractivity contribution in [3.8, 4) is 0 Å². The Morgan fingerprint density at radius 3 is 2.45 bits per heavy atom. The lowest BCUT2D eigenvalue weighted by molar-refractivity contribution is 0.130. The quantitative estimate of drug-likeness (QED) is 0.828. The first-order chi connectivity index (χ1) is 9.59. The summed E-state index contributed by atoms with van der Waals surface area (Å²) < 4.78 is 0. The summed E-state index contributed by atoms with van der Waals surface area (Å²) in [7, 11) is 0. The highest BCUT2D eigenvalue weighted by atomic mass is 35.5. The molecule has 0 spiro atoms. The van der Waals surface area contributed by atoms with Crippen molar-refractivity contribution >= 4 is 11.6 Å². The standard InChI is InChI=1S/C16H19ClN2O/c1-11(14-9-6-10-18-16(14)17)19-12(2)15(20)13-7-4-3-5-8-13/h3-12,15,19-20H,1-2H3. The van der Waals surface area contributed by atoms with Gasteiger partial charge in [-0.15, -0.1) is 0 Å². The number of benzene rings is 1. The van der Waals surface area contributed by atoms with E-state index >= 15 is 0 Å². The summed E-state index contributed by atoms with van der Waals surface area (Å²) in [6.07, 6.45) is 1.11. The molecule has 20 heavy (non-hydrogen) atoms. The van der Waals surface area contributed by atoms with Gasteiger partial charge in [-0.25, -0.2) is 4.98 Å². The largest absolute Gasteiger partial charge is 0.387 e. The molecule has 0 amide bonds. The summed E-state index contributed by atoms with van der Waals surface area (Å²) in [6, 6.07) is 13.3. The molecule has 2 N–H and O–H groups in total. The molecule has 1 aromatic heterocycles. The number of aromatic nitrogens is 1. The smallest absolute Gasteiger partial charge is 0.133 e. The summed E-state index contributed by atoms with van der Waals surface area (Å²) in [5.41, 5.74) is 1.83. The number of aliphatic hydroxyl groups excluding tert-OH is 1. The number of hydrogen-bond donors (Lipinski definition) is 2. The second kappa shape index (κ2) is 6.84. The van der Waals surface area contributed by atoms with Gasteiger partial charge >= 0.3 is 0 Å². The van der Waals surface area contributed by atoms with Crippen molar-refractivity contribution in [1.82, 2.24) is 10.3 Å². The van der Waals surface area contributed by atoms with Gasteiger partial charge in [0.15, 0.2) is 0 Å². The molecule has 2 rings (SSSR count). The molecule has 0 saturated carbocycles. The summed E-state index contributed by atoms with van der Waals surface area (Å²) in [5.74, 6) is 0. The van der Waals surface area contributed by atoms with Crippen LogP contribution < -0.4 is 5.32 Å². The van der Waals surface area contributed by atoms with Crippen LogP contribution in [0.4, 0.5) is 0 Å². The van der Waals surface area contributed by atoms with Gasteiger partial charge < -0.3 is 10.4 Å². The van der Waals surface area contributed by atoms with Crippen LogP contribution in [0.5, 0.6) is 0 Å². The van der Waals surface area contributed by atoms with Gasteiger partial charge in [-0.3, -0.25) is 0 Å². The fourth-order valence-electron chi connectivity index (χ4n) is 2.24. The van der Waals surface area contributed by atoms with Crippen LogP contribution in [-0.4, -0.2) is 16.1 Å². The first-order valence-electron chi connectivity index (χ1n) is 6.69. The van der Waals surface area contributed by atoms with Crippen molar-refractivity contribution in [1.29, 1.82) is 0 Å². The highest BCUT2D eigenvalue weighted by Crippen LogP contribution is 2.23. The normalized spacial score (nSPS) is 15.6. The number of halogens is 1. The van der Waals surface area contributed by atoms with E-state index in [1.165, 1.54) is 0 Å². The van der Waals surface area contributed by atoms with Crippen molar-refractivity contribution in [3.05, 3.63) is 64.9 Å². The molecule has 2 aromatic rings. The number of pyridine rings is 1. The summed E-state index contributed by atoms with van der Waals surface area (Å²) >= 11 is 6.09. The lowest BCUT2D eigenvalue weighted by Gasteiger charge is -2.25. The molecule has 4 heteroatoms. The minimum atomic E-state index is -0.561. The van der Waals surface area contributed by atoms with Gasteiger partial charge in [0, 0.05) is 23.8 Å². The Kier molecular flexibility index (Phi) is 5.12. The fourth-order valence-corrected chi connectivity index (χ4v) is 2.52. The average Bonchev–Trinajstić information content (AvgIpc) is 2.47. The second-order valence-electron chi connectivity index (χ2n) is 4.92. The molecule has 0 bridgehead atoms. The van der Waals surface area contributed by atoms with Crippen molar-refractivity contribution in [2.24, 2.45) is 0 Å². The second-order valence-corrected chi connectivity index (χ2v) is 5.27. The molecule has 0 fully saturated rings. The van der Waals surface area contributed by atoms with E-state index in [2.05, 4.69) is 10.3 Å². The molecule has 0 saturated heterocycles. The predicted octanol–water partition coefficient (Wildman–Crippen LogP) is 3.51. The third-order valence-corrected chi connectivity index (χ3v) is 3.70. The molecule has 0 aliphatic rings. The van der Waals surface area contributed by atoms with Gasteiger partial charge in [0.05, 0.1) is 6.10 Å². The van der Waals surface area contributed by atoms with Crippen LogP contribution >= 0.6 is 11.6 Å². The highest BCUT2D eigenvalue weighted by molar-refractivity contribution is 6.30. The SMILES string of the molecule is CC(NC(C)C(O)c1ccccc1)c1cccnc1Cl. The Balaban J connectivity index is 2.04. The topological polar surface area (TPSA) is 45.1 Å². The molecular formula is C16H19ClN2O. The Hall–Kier alpha value is -1.42. The van der Waals surface area contributed by atoms with E-state index < -0.39 is 6.10 Å². The maximum Gasteiger partial charge on any atom is 0.133 e. The van der Waals surface area contributed by atoms with Gasteiger partial charge in [0.1, 0.15) is 5.15 Å². The average molecular weight is 291 g/mol. The molecule has 3 atom stereocenters. The van der Waals surface area contributed by atoms with E-state index in [-0.39, 0.29) is 12.1 Å². The lowest BCUT2D eigenvalue weighted by Crippen LogP contribution is -2.34. The maximum absolute atomic E-state index is 10.3. The number of rotatable bonds is 5. The number of nitrogens with one attached hydrogen (secondary N) is 1. The lowest BCUT2D eigenvalue weighted by atomic mass is 10.0. The number of hydrogen-bond acceptors (Lipinski definition) is 3. The van der Waals surface area contributed by atoms with Crippen molar-refractivity contribution in [2.45, 2.75) is 32.0 Å². The Morgan fingerprint density at radius 2 is 1.80 bits per heavy atom. The van der Waals surface area contributed by atoms with E-state index in [9.17, 15) is 5.11 Å². The van der Waals surface area contributed by atoms with Gasteiger partial charge in [-0.1, -0.05) is 48.0 Å². The Labute approximate surface area is 124 Å². The van der Waals surface area contributed by atoms with Crippen molar-refractivity contribution < 1.29 is 5.11 Å².